The number of nitrogens with zero attached hydrogens (tertiary/aromatic N) is 1. The Kier molecular flexibility index (Phi) is 2.97. The highest BCUT2D eigenvalue weighted by atomic mass is 32.2. The number of thioether (sulfide) groups is 1. The molecular formula is C11H12N2OS. The molecule has 78 valence electrons. The van der Waals surface area contributed by atoms with Gasteiger partial charge in [-0.25, -0.2) is 4.98 Å². The Morgan fingerprint density at radius 3 is 3.00 bits per heavy atom. The largest absolute Gasteiger partial charge is 0.508 e. The van der Waals surface area contributed by atoms with E-state index in [0.717, 1.165) is 17.1 Å². The molecule has 0 bridgehead atoms. The van der Waals surface area contributed by atoms with E-state index in [1.807, 2.05) is 6.07 Å². The van der Waals surface area contributed by atoms with Crippen LogP contribution >= 0.6 is 11.8 Å². The molecule has 0 aliphatic heterocycles. The van der Waals surface area contributed by atoms with Crippen LogP contribution in [-0.2, 0) is 5.75 Å². The number of nitrogens with one attached hydrogen (secondary N) is 1. The molecule has 0 aliphatic carbocycles. The monoisotopic (exact) mass is 220 g/mol. The fourth-order valence-electron chi connectivity index (χ4n) is 1.48. The standard InChI is InChI=1S/C11H12N2OS/c1-15-7-8-2-3-9(14)6-10(8)11-12-4-5-13-11/h2-6,14H,7H2,1H3,(H,12,13). The molecule has 0 aliphatic rings. The van der Waals surface area contributed by atoms with E-state index >= 15 is 0 Å². The lowest BCUT2D eigenvalue weighted by molar-refractivity contribution is 0.475. The van der Waals surface area contributed by atoms with Crippen molar-refractivity contribution in [2.75, 3.05) is 6.26 Å². The number of hydrogen-bond donors (Lipinski definition) is 2. The molecule has 0 saturated heterocycles. The summed E-state index contributed by atoms with van der Waals surface area (Å²) in [5.41, 5.74) is 2.14. The summed E-state index contributed by atoms with van der Waals surface area (Å²) in [7, 11) is 0. The van der Waals surface area contributed by atoms with Gasteiger partial charge in [-0.3, -0.25) is 0 Å². The number of hydrogen-bond acceptors (Lipinski definition) is 3. The molecule has 0 saturated carbocycles. The molecule has 0 fully saturated rings. The van der Waals surface area contributed by atoms with Crippen molar-refractivity contribution < 1.29 is 5.11 Å². The molecule has 4 heteroatoms. The van der Waals surface area contributed by atoms with Crippen LogP contribution in [0.1, 0.15) is 5.56 Å². The van der Waals surface area contributed by atoms with Gasteiger partial charge in [-0.05, 0) is 24.0 Å². The van der Waals surface area contributed by atoms with Crippen LogP contribution in [0.25, 0.3) is 11.4 Å². The Morgan fingerprint density at radius 1 is 1.47 bits per heavy atom. The summed E-state index contributed by atoms with van der Waals surface area (Å²) in [6, 6.07) is 5.38. The second kappa shape index (κ2) is 4.40. The van der Waals surface area contributed by atoms with Gasteiger partial charge in [0.15, 0.2) is 0 Å². The third kappa shape index (κ3) is 2.15. The summed E-state index contributed by atoms with van der Waals surface area (Å²) < 4.78 is 0. The quantitative estimate of drug-likeness (QED) is 0.836. The van der Waals surface area contributed by atoms with Gasteiger partial charge in [0.05, 0.1) is 0 Å². The maximum absolute atomic E-state index is 9.46. The van der Waals surface area contributed by atoms with Gasteiger partial charge in [-0.2, -0.15) is 11.8 Å². The molecule has 1 heterocycles. The normalized spacial score (nSPS) is 10.5. The van der Waals surface area contributed by atoms with E-state index in [4.69, 9.17) is 0 Å². The molecule has 15 heavy (non-hydrogen) atoms. The van der Waals surface area contributed by atoms with Crippen LogP contribution in [0.15, 0.2) is 30.6 Å². The van der Waals surface area contributed by atoms with Crippen molar-refractivity contribution in [3.05, 3.63) is 36.2 Å². The van der Waals surface area contributed by atoms with Gasteiger partial charge in [-0.15, -0.1) is 0 Å². The van der Waals surface area contributed by atoms with Crippen molar-refractivity contribution in [1.29, 1.82) is 0 Å². The third-order valence-electron chi connectivity index (χ3n) is 2.15. The van der Waals surface area contributed by atoms with E-state index in [0.29, 0.717) is 0 Å². The maximum Gasteiger partial charge on any atom is 0.137 e. The predicted octanol–water partition coefficient (Wildman–Crippen LogP) is 2.65. The highest BCUT2D eigenvalue weighted by molar-refractivity contribution is 7.97. The third-order valence-corrected chi connectivity index (χ3v) is 2.75. The van der Waals surface area contributed by atoms with Gasteiger partial charge >= 0.3 is 0 Å². The Labute approximate surface area is 92.6 Å². The molecule has 0 spiro atoms. The molecule has 0 amide bonds. The number of aromatic amines is 1. The second-order valence-corrected chi connectivity index (χ2v) is 4.08. The number of benzene rings is 1. The summed E-state index contributed by atoms with van der Waals surface area (Å²) in [4.78, 5) is 7.24. The number of imidazole rings is 1. The van der Waals surface area contributed by atoms with E-state index in [1.165, 1.54) is 5.56 Å². The Morgan fingerprint density at radius 2 is 2.33 bits per heavy atom. The molecular weight excluding hydrogens is 208 g/mol. The van der Waals surface area contributed by atoms with Crippen LogP contribution in [-0.4, -0.2) is 21.3 Å². The van der Waals surface area contributed by atoms with Crippen LogP contribution < -0.4 is 0 Å². The first-order chi connectivity index (χ1) is 7.31. The summed E-state index contributed by atoms with van der Waals surface area (Å²) in [5.74, 6) is 1.98. The molecule has 2 rings (SSSR count). The minimum absolute atomic E-state index is 0.270. The lowest BCUT2D eigenvalue weighted by Gasteiger charge is -2.06. The van der Waals surface area contributed by atoms with Crippen molar-refractivity contribution in [2.45, 2.75) is 5.75 Å². The van der Waals surface area contributed by atoms with Crippen LogP contribution in [0.2, 0.25) is 0 Å². The van der Waals surface area contributed by atoms with E-state index in [2.05, 4.69) is 16.2 Å². The smallest absolute Gasteiger partial charge is 0.137 e. The second-order valence-electron chi connectivity index (χ2n) is 3.21. The summed E-state index contributed by atoms with van der Waals surface area (Å²) in [6.45, 7) is 0. The maximum atomic E-state index is 9.46. The van der Waals surface area contributed by atoms with E-state index in [9.17, 15) is 5.11 Å². The number of aromatic hydroxyl groups is 1. The molecule has 0 atom stereocenters. The number of H-pyrrole nitrogens is 1. The van der Waals surface area contributed by atoms with Gasteiger partial charge in [-0.1, -0.05) is 6.07 Å². The average Bonchev–Trinajstić information content (AvgIpc) is 2.74. The first kappa shape index (κ1) is 10.1. The zero-order valence-corrected chi connectivity index (χ0v) is 9.21. The molecule has 1 aromatic carbocycles. The van der Waals surface area contributed by atoms with Crippen LogP contribution in [0.5, 0.6) is 5.75 Å². The molecule has 0 radical (unpaired) electrons. The summed E-state index contributed by atoms with van der Waals surface area (Å²) in [5, 5.41) is 9.46. The first-order valence-corrected chi connectivity index (χ1v) is 6.01. The van der Waals surface area contributed by atoms with Crippen molar-refractivity contribution in [3.63, 3.8) is 0 Å². The first-order valence-electron chi connectivity index (χ1n) is 4.62. The zero-order chi connectivity index (χ0) is 10.7. The molecule has 1 aromatic heterocycles. The van der Waals surface area contributed by atoms with Crippen LogP contribution in [0.3, 0.4) is 0 Å². The Balaban J connectivity index is 2.47. The van der Waals surface area contributed by atoms with Gasteiger partial charge in [0.25, 0.3) is 0 Å². The summed E-state index contributed by atoms with van der Waals surface area (Å²) in [6.07, 6.45) is 5.54. The lowest BCUT2D eigenvalue weighted by atomic mass is 10.1. The van der Waals surface area contributed by atoms with Gasteiger partial charge in [0.1, 0.15) is 11.6 Å². The number of phenolic OH excluding ortho intramolecular Hbond substituents is 1. The van der Waals surface area contributed by atoms with E-state index in [-0.39, 0.29) is 5.75 Å². The average molecular weight is 220 g/mol. The predicted molar refractivity (Wildman–Crippen MR) is 62.9 cm³/mol. The topological polar surface area (TPSA) is 48.9 Å². The lowest BCUT2D eigenvalue weighted by Crippen LogP contribution is -1.89. The molecule has 2 N–H and O–H groups in total. The fourth-order valence-corrected chi connectivity index (χ4v) is 2.04. The number of aromatic nitrogens is 2. The van der Waals surface area contributed by atoms with E-state index < -0.39 is 0 Å². The fraction of sp³-hybridized carbons (Fsp3) is 0.182. The van der Waals surface area contributed by atoms with Gasteiger partial charge in [0.2, 0.25) is 0 Å². The Hall–Kier alpha value is -1.42. The highest BCUT2D eigenvalue weighted by Crippen LogP contribution is 2.27. The van der Waals surface area contributed by atoms with Crippen molar-refractivity contribution in [2.24, 2.45) is 0 Å². The summed E-state index contributed by atoms with van der Waals surface area (Å²) >= 11 is 1.75. The zero-order valence-electron chi connectivity index (χ0n) is 8.40. The SMILES string of the molecule is CSCc1ccc(O)cc1-c1ncc[nH]1. The van der Waals surface area contributed by atoms with Gasteiger partial charge < -0.3 is 10.1 Å². The van der Waals surface area contributed by atoms with E-state index in [1.54, 1.807) is 36.3 Å². The van der Waals surface area contributed by atoms with Crippen molar-refractivity contribution >= 4 is 11.8 Å². The molecule has 0 unspecified atom stereocenters. The van der Waals surface area contributed by atoms with Crippen LogP contribution in [0.4, 0.5) is 0 Å². The van der Waals surface area contributed by atoms with Crippen molar-refractivity contribution in [1.82, 2.24) is 9.97 Å². The number of phenols is 1. The molecule has 3 nitrogen and oxygen atoms in total. The Bertz CT molecular complexity index is 440. The minimum Gasteiger partial charge on any atom is -0.508 e. The van der Waals surface area contributed by atoms with Crippen LogP contribution in [0, 0.1) is 0 Å². The minimum atomic E-state index is 0.270. The molecule has 2 aromatic rings. The van der Waals surface area contributed by atoms with Gasteiger partial charge in [0, 0.05) is 23.7 Å². The van der Waals surface area contributed by atoms with Crippen molar-refractivity contribution in [3.8, 4) is 17.1 Å². The number of rotatable bonds is 3. The highest BCUT2D eigenvalue weighted by Gasteiger charge is 2.07.